The lowest BCUT2D eigenvalue weighted by molar-refractivity contribution is -0.121. The largest absolute Gasteiger partial charge is 0.351 e. The first-order valence-electron chi connectivity index (χ1n) is 10.3. The first-order chi connectivity index (χ1) is 15.9. The standard InChI is InChI=1S/C24H24N4O3S2/c1-27(33(30,31)24-8-4-15-32-24)18-23(29)25-16-21-6-2-3-7-22(21)20-11-9-19(10-12-20)17-28-14-5-13-26-28/h2-15H,16-18H2,1H3,(H,25,29). The number of hydrogen-bond acceptors (Lipinski definition) is 5. The molecular formula is C24H24N4O3S2. The highest BCUT2D eigenvalue weighted by molar-refractivity contribution is 7.91. The zero-order valence-electron chi connectivity index (χ0n) is 18.1. The lowest BCUT2D eigenvalue weighted by Crippen LogP contribution is -2.37. The highest BCUT2D eigenvalue weighted by Gasteiger charge is 2.23. The van der Waals surface area contributed by atoms with Gasteiger partial charge >= 0.3 is 0 Å². The van der Waals surface area contributed by atoms with Crippen LogP contribution in [-0.2, 0) is 27.9 Å². The summed E-state index contributed by atoms with van der Waals surface area (Å²) in [6, 6.07) is 21.2. The fraction of sp³-hybridized carbons (Fsp3) is 0.167. The fourth-order valence-corrected chi connectivity index (χ4v) is 5.76. The number of amides is 1. The minimum atomic E-state index is -3.66. The van der Waals surface area contributed by atoms with Crippen LogP contribution in [0.2, 0.25) is 0 Å². The normalized spacial score (nSPS) is 11.6. The van der Waals surface area contributed by atoms with E-state index in [2.05, 4.69) is 34.7 Å². The van der Waals surface area contributed by atoms with Crippen LogP contribution in [0.15, 0.2) is 88.7 Å². The van der Waals surface area contributed by atoms with Crippen LogP contribution in [0.1, 0.15) is 11.1 Å². The van der Waals surface area contributed by atoms with Gasteiger partial charge in [-0.25, -0.2) is 8.42 Å². The molecule has 4 rings (SSSR count). The highest BCUT2D eigenvalue weighted by Crippen LogP contribution is 2.24. The van der Waals surface area contributed by atoms with Crippen LogP contribution >= 0.6 is 11.3 Å². The molecule has 9 heteroatoms. The van der Waals surface area contributed by atoms with Crippen molar-refractivity contribution in [3.05, 3.63) is 95.6 Å². The van der Waals surface area contributed by atoms with Crippen LogP contribution in [0.3, 0.4) is 0 Å². The quantitative estimate of drug-likeness (QED) is 0.397. The third-order valence-electron chi connectivity index (χ3n) is 5.19. The highest BCUT2D eigenvalue weighted by atomic mass is 32.2. The molecule has 0 aliphatic rings. The summed E-state index contributed by atoms with van der Waals surface area (Å²) >= 11 is 1.13. The number of nitrogens with zero attached hydrogens (tertiary/aromatic N) is 3. The number of aromatic nitrogens is 2. The first-order valence-corrected chi connectivity index (χ1v) is 12.7. The Morgan fingerprint density at radius 1 is 1.06 bits per heavy atom. The smallest absolute Gasteiger partial charge is 0.252 e. The average Bonchev–Trinajstić information content (AvgIpc) is 3.53. The molecule has 1 amide bonds. The number of sulfonamides is 1. The van der Waals surface area contributed by atoms with E-state index in [-0.39, 0.29) is 16.7 Å². The van der Waals surface area contributed by atoms with Gasteiger partial charge in [0.1, 0.15) is 4.21 Å². The predicted octanol–water partition coefficient (Wildman–Crippen LogP) is 3.60. The van der Waals surface area contributed by atoms with Crippen LogP contribution < -0.4 is 5.32 Å². The van der Waals surface area contributed by atoms with Crippen molar-refractivity contribution in [1.82, 2.24) is 19.4 Å². The van der Waals surface area contributed by atoms with E-state index in [1.165, 1.54) is 13.1 Å². The Hall–Kier alpha value is -3.27. The van der Waals surface area contributed by atoms with E-state index < -0.39 is 10.0 Å². The molecule has 0 fully saturated rings. The molecule has 170 valence electrons. The summed E-state index contributed by atoms with van der Waals surface area (Å²) in [6.07, 6.45) is 3.68. The molecule has 0 atom stereocenters. The van der Waals surface area contributed by atoms with E-state index in [4.69, 9.17) is 0 Å². The molecule has 33 heavy (non-hydrogen) atoms. The van der Waals surface area contributed by atoms with Gasteiger partial charge in [-0.05, 0) is 39.8 Å². The van der Waals surface area contributed by atoms with Crippen LogP contribution in [-0.4, -0.2) is 42.0 Å². The maximum absolute atomic E-state index is 12.5. The van der Waals surface area contributed by atoms with Crippen molar-refractivity contribution in [3.63, 3.8) is 0 Å². The lowest BCUT2D eigenvalue weighted by Gasteiger charge is -2.16. The molecule has 4 aromatic rings. The van der Waals surface area contributed by atoms with Gasteiger partial charge in [-0.15, -0.1) is 11.3 Å². The van der Waals surface area contributed by atoms with Crippen molar-refractivity contribution in [2.75, 3.05) is 13.6 Å². The summed E-state index contributed by atoms with van der Waals surface area (Å²) in [4.78, 5) is 12.5. The summed E-state index contributed by atoms with van der Waals surface area (Å²) in [7, 11) is -2.25. The SMILES string of the molecule is CN(CC(=O)NCc1ccccc1-c1ccc(Cn2cccn2)cc1)S(=O)(=O)c1cccs1. The topological polar surface area (TPSA) is 84.3 Å². The van der Waals surface area contributed by atoms with Crippen molar-refractivity contribution in [3.8, 4) is 11.1 Å². The van der Waals surface area contributed by atoms with E-state index in [1.807, 2.05) is 41.2 Å². The molecule has 0 bridgehead atoms. The summed E-state index contributed by atoms with van der Waals surface area (Å²) in [6.45, 7) is 0.758. The molecule has 1 N–H and O–H groups in total. The number of carbonyl (C=O) groups is 1. The molecule has 0 saturated heterocycles. The van der Waals surface area contributed by atoms with Crippen LogP contribution in [0.5, 0.6) is 0 Å². The van der Waals surface area contributed by atoms with E-state index in [9.17, 15) is 13.2 Å². The van der Waals surface area contributed by atoms with Crippen molar-refractivity contribution in [2.45, 2.75) is 17.3 Å². The Kier molecular flexibility index (Phi) is 7.02. The average molecular weight is 481 g/mol. The monoisotopic (exact) mass is 480 g/mol. The zero-order chi connectivity index (χ0) is 23.3. The number of rotatable bonds is 9. The second-order valence-corrected chi connectivity index (χ2v) is 10.7. The van der Waals surface area contributed by atoms with Gasteiger partial charge in [0.2, 0.25) is 5.91 Å². The second kappa shape index (κ2) is 10.1. The molecule has 0 aliphatic carbocycles. The Morgan fingerprint density at radius 2 is 1.85 bits per heavy atom. The Balaban J connectivity index is 1.40. The Bertz CT molecular complexity index is 1300. The molecule has 0 unspecified atom stereocenters. The Labute approximate surface area is 197 Å². The Morgan fingerprint density at radius 3 is 2.55 bits per heavy atom. The van der Waals surface area contributed by atoms with Crippen molar-refractivity contribution >= 4 is 27.3 Å². The molecule has 2 aromatic heterocycles. The molecular weight excluding hydrogens is 456 g/mol. The summed E-state index contributed by atoms with van der Waals surface area (Å²) < 4.78 is 28.2. The molecule has 0 spiro atoms. The van der Waals surface area contributed by atoms with Crippen LogP contribution in [0.4, 0.5) is 0 Å². The lowest BCUT2D eigenvalue weighted by atomic mass is 9.98. The van der Waals surface area contributed by atoms with E-state index in [0.717, 1.165) is 37.9 Å². The van der Waals surface area contributed by atoms with Gasteiger partial charge in [-0.2, -0.15) is 9.40 Å². The number of likely N-dealkylation sites (N-methyl/N-ethyl adjacent to an activating group) is 1. The molecule has 2 heterocycles. The van der Waals surface area contributed by atoms with Crippen molar-refractivity contribution in [1.29, 1.82) is 0 Å². The maximum Gasteiger partial charge on any atom is 0.252 e. The van der Waals surface area contributed by atoms with E-state index in [0.29, 0.717) is 13.1 Å². The second-order valence-electron chi connectivity index (χ2n) is 7.53. The van der Waals surface area contributed by atoms with Gasteiger partial charge in [-0.3, -0.25) is 9.48 Å². The van der Waals surface area contributed by atoms with Gasteiger partial charge in [0.05, 0.1) is 13.1 Å². The van der Waals surface area contributed by atoms with Crippen LogP contribution in [0.25, 0.3) is 11.1 Å². The molecule has 2 aromatic carbocycles. The molecule has 0 saturated carbocycles. The summed E-state index contributed by atoms with van der Waals surface area (Å²) in [5.41, 5.74) is 4.15. The molecule has 0 aliphatic heterocycles. The van der Waals surface area contributed by atoms with Gasteiger partial charge in [-0.1, -0.05) is 54.6 Å². The maximum atomic E-state index is 12.5. The first kappa shape index (κ1) is 22.9. The third kappa shape index (κ3) is 5.57. The molecule has 7 nitrogen and oxygen atoms in total. The number of nitrogens with one attached hydrogen (secondary N) is 1. The number of benzene rings is 2. The molecule has 0 radical (unpaired) electrons. The minimum Gasteiger partial charge on any atom is -0.351 e. The van der Waals surface area contributed by atoms with Crippen LogP contribution in [0, 0.1) is 0 Å². The predicted molar refractivity (Wildman–Crippen MR) is 129 cm³/mol. The van der Waals surface area contributed by atoms with E-state index in [1.54, 1.807) is 17.6 Å². The van der Waals surface area contributed by atoms with Crippen molar-refractivity contribution < 1.29 is 13.2 Å². The van der Waals surface area contributed by atoms with E-state index >= 15 is 0 Å². The third-order valence-corrected chi connectivity index (χ3v) is 8.36. The summed E-state index contributed by atoms with van der Waals surface area (Å²) in [5.74, 6) is -0.359. The fourth-order valence-electron chi connectivity index (χ4n) is 3.43. The summed E-state index contributed by atoms with van der Waals surface area (Å²) in [5, 5.41) is 8.77. The number of thiophene rings is 1. The number of hydrogen-bond donors (Lipinski definition) is 1. The zero-order valence-corrected chi connectivity index (χ0v) is 19.7. The van der Waals surface area contributed by atoms with Crippen molar-refractivity contribution in [2.24, 2.45) is 0 Å². The van der Waals surface area contributed by atoms with Gasteiger partial charge in [0, 0.05) is 26.0 Å². The van der Waals surface area contributed by atoms with Gasteiger partial charge in [0.15, 0.2) is 0 Å². The number of carbonyl (C=O) groups excluding carboxylic acids is 1. The minimum absolute atomic E-state index is 0.221. The van der Waals surface area contributed by atoms with Gasteiger partial charge < -0.3 is 5.32 Å². The van der Waals surface area contributed by atoms with Gasteiger partial charge in [0.25, 0.3) is 10.0 Å².